The number of ether oxygens (including phenoxy) is 1. The molecule has 148 valence electrons. The average Bonchev–Trinajstić information content (AvgIpc) is 3.09. The van der Waals surface area contributed by atoms with Gasteiger partial charge in [0.15, 0.2) is 11.6 Å². The summed E-state index contributed by atoms with van der Waals surface area (Å²) in [5.41, 5.74) is -0.941. The number of hydrogen-bond acceptors (Lipinski definition) is 6. The number of carboxylic acid groups (broad SMARTS) is 1. The van der Waals surface area contributed by atoms with Gasteiger partial charge in [0.2, 0.25) is 0 Å². The quantitative estimate of drug-likeness (QED) is 0.761. The molecule has 2 aromatic rings. The molecule has 1 aliphatic heterocycles. The summed E-state index contributed by atoms with van der Waals surface area (Å²) in [6.45, 7) is 4.20. The van der Waals surface area contributed by atoms with Crippen LogP contribution in [0.4, 0.5) is 4.39 Å². The number of hydrogen-bond donors (Lipinski definition) is 2. The first-order valence-corrected chi connectivity index (χ1v) is 8.73. The highest BCUT2D eigenvalue weighted by molar-refractivity contribution is 5.32. The van der Waals surface area contributed by atoms with E-state index in [-0.39, 0.29) is 18.9 Å². The Morgan fingerprint density at radius 2 is 1.89 bits per heavy atom. The second-order valence-electron chi connectivity index (χ2n) is 6.35. The van der Waals surface area contributed by atoms with Crippen molar-refractivity contribution in [2.75, 3.05) is 20.1 Å². The summed E-state index contributed by atoms with van der Waals surface area (Å²) in [4.78, 5) is 15.1. The fourth-order valence-corrected chi connectivity index (χ4v) is 2.91. The average molecular weight is 380 g/mol. The van der Waals surface area contributed by atoms with Crippen LogP contribution in [0.3, 0.4) is 0 Å². The molecule has 27 heavy (non-hydrogen) atoms. The zero-order chi connectivity index (χ0) is 19.9. The van der Waals surface area contributed by atoms with E-state index in [1.165, 1.54) is 12.1 Å². The number of aromatic nitrogens is 3. The Balaban J connectivity index is 0.000000817. The highest BCUT2D eigenvalue weighted by atomic mass is 19.1. The first-order valence-electron chi connectivity index (χ1n) is 8.73. The highest BCUT2D eigenvalue weighted by Gasteiger charge is 2.37. The molecule has 1 aromatic heterocycles. The van der Waals surface area contributed by atoms with E-state index in [9.17, 15) is 9.50 Å². The zero-order valence-corrected chi connectivity index (χ0v) is 15.5. The molecule has 1 aromatic carbocycles. The maximum atomic E-state index is 12.9. The van der Waals surface area contributed by atoms with Crippen molar-refractivity contribution in [2.45, 2.75) is 38.5 Å². The van der Waals surface area contributed by atoms with Crippen LogP contribution in [0.15, 0.2) is 24.3 Å². The molecule has 8 nitrogen and oxygen atoms in total. The monoisotopic (exact) mass is 380 g/mol. The van der Waals surface area contributed by atoms with E-state index in [1.54, 1.807) is 16.8 Å². The van der Waals surface area contributed by atoms with Crippen molar-refractivity contribution in [3.05, 3.63) is 41.7 Å². The van der Waals surface area contributed by atoms with Crippen molar-refractivity contribution in [3.63, 3.8) is 0 Å². The number of halogens is 1. The lowest BCUT2D eigenvalue weighted by Gasteiger charge is -2.35. The molecule has 0 radical (unpaired) electrons. The third-order valence-electron chi connectivity index (χ3n) is 4.43. The normalized spacial score (nSPS) is 16.3. The van der Waals surface area contributed by atoms with Crippen LogP contribution >= 0.6 is 0 Å². The predicted octanol–water partition coefficient (Wildman–Crippen LogP) is 1.63. The summed E-state index contributed by atoms with van der Waals surface area (Å²) >= 11 is 0. The summed E-state index contributed by atoms with van der Waals surface area (Å²) in [6, 6.07) is 5.83. The van der Waals surface area contributed by atoms with Crippen LogP contribution in [-0.4, -0.2) is 56.5 Å². The van der Waals surface area contributed by atoms with Gasteiger partial charge in [-0.1, -0.05) is 0 Å². The van der Waals surface area contributed by atoms with E-state index in [0.717, 1.165) is 13.1 Å². The molecule has 3 rings (SSSR count). The number of rotatable bonds is 5. The molecule has 0 bridgehead atoms. The Hall–Kier alpha value is -2.52. The number of nitrogens with zero attached hydrogens (tertiary/aromatic N) is 4. The standard InChI is InChI=1S/C17H23FN4O2.CH2O2/c1-3-22-16(17(23)8-10-21(2)11-9-17)19-15(20-22)12-24-14-6-4-13(18)5-7-14;2-1-3/h4-7,23H,3,8-12H2,1-2H3;1H,(H,2,3). The maximum absolute atomic E-state index is 12.9. The fourth-order valence-electron chi connectivity index (χ4n) is 2.91. The van der Waals surface area contributed by atoms with Crippen molar-refractivity contribution in [1.29, 1.82) is 0 Å². The van der Waals surface area contributed by atoms with Crippen LogP contribution in [0.5, 0.6) is 5.75 Å². The van der Waals surface area contributed by atoms with Gasteiger partial charge in [0.05, 0.1) is 0 Å². The van der Waals surface area contributed by atoms with Gasteiger partial charge in [0.25, 0.3) is 6.47 Å². The molecule has 2 N–H and O–H groups in total. The predicted molar refractivity (Wildman–Crippen MR) is 95.7 cm³/mol. The summed E-state index contributed by atoms with van der Waals surface area (Å²) in [7, 11) is 2.05. The third-order valence-corrected chi connectivity index (χ3v) is 4.43. The largest absolute Gasteiger partial charge is 0.486 e. The first-order chi connectivity index (χ1) is 12.9. The van der Waals surface area contributed by atoms with Crippen molar-refractivity contribution < 1.29 is 24.1 Å². The van der Waals surface area contributed by atoms with E-state index in [0.29, 0.717) is 36.8 Å². The summed E-state index contributed by atoms with van der Waals surface area (Å²) in [5.74, 6) is 1.38. The van der Waals surface area contributed by atoms with E-state index >= 15 is 0 Å². The van der Waals surface area contributed by atoms with Crippen LogP contribution in [-0.2, 0) is 23.5 Å². The first kappa shape index (κ1) is 20.8. The van der Waals surface area contributed by atoms with Crippen LogP contribution < -0.4 is 4.74 Å². The van der Waals surface area contributed by atoms with Gasteiger partial charge in [0.1, 0.15) is 23.8 Å². The number of aryl methyl sites for hydroxylation is 1. The molecule has 0 spiro atoms. The summed E-state index contributed by atoms with van der Waals surface area (Å²) < 4.78 is 20.3. The Kier molecular flexibility index (Phi) is 7.26. The smallest absolute Gasteiger partial charge is 0.290 e. The molecule has 0 amide bonds. The minimum atomic E-state index is -0.941. The molecule has 1 aliphatic rings. The van der Waals surface area contributed by atoms with Gasteiger partial charge in [0, 0.05) is 19.6 Å². The topological polar surface area (TPSA) is 101 Å². The molecule has 0 aliphatic carbocycles. The van der Waals surface area contributed by atoms with Crippen molar-refractivity contribution in [2.24, 2.45) is 0 Å². The van der Waals surface area contributed by atoms with Gasteiger partial charge in [-0.05, 0) is 51.1 Å². The lowest BCUT2D eigenvalue weighted by Crippen LogP contribution is -2.42. The number of piperidine rings is 1. The Labute approximate surface area is 157 Å². The van der Waals surface area contributed by atoms with E-state index in [2.05, 4.69) is 15.0 Å². The van der Waals surface area contributed by atoms with Crippen LogP contribution in [0, 0.1) is 5.82 Å². The van der Waals surface area contributed by atoms with Crippen LogP contribution in [0.1, 0.15) is 31.4 Å². The van der Waals surface area contributed by atoms with Gasteiger partial charge < -0.3 is 19.8 Å². The van der Waals surface area contributed by atoms with E-state index < -0.39 is 5.60 Å². The van der Waals surface area contributed by atoms with Gasteiger partial charge in [-0.25, -0.2) is 14.1 Å². The maximum Gasteiger partial charge on any atom is 0.290 e. The lowest BCUT2D eigenvalue weighted by atomic mass is 9.91. The SMILES string of the molecule is CCn1nc(COc2ccc(F)cc2)nc1C1(O)CCN(C)CC1.O=CO. The second kappa shape index (κ2) is 9.43. The van der Waals surface area contributed by atoms with Gasteiger partial charge in [-0.15, -0.1) is 0 Å². The molecule has 0 saturated carbocycles. The fraction of sp³-hybridized carbons (Fsp3) is 0.500. The number of benzene rings is 1. The molecular weight excluding hydrogens is 355 g/mol. The van der Waals surface area contributed by atoms with E-state index in [1.807, 2.05) is 14.0 Å². The molecular formula is C18H25FN4O4. The Bertz CT molecular complexity index is 727. The Morgan fingerprint density at radius 3 is 2.44 bits per heavy atom. The minimum Gasteiger partial charge on any atom is -0.486 e. The van der Waals surface area contributed by atoms with Gasteiger partial charge >= 0.3 is 0 Å². The lowest BCUT2D eigenvalue weighted by molar-refractivity contribution is -0.122. The van der Waals surface area contributed by atoms with Crippen LogP contribution in [0.2, 0.25) is 0 Å². The number of aliphatic hydroxyl groups is 1. The summed E-state index contributed by atoms with van der Waals surface area (Å²) in [6.07, 6.45) is 1.28. The highest BCUT2D eigenvalue weighted by Crippen LogP contribution is 2.31. The van der Waals surface area contributed by atoms with Crippen molar-refractivity contribution in [3.8, 4) is 5.75 Å². The molecule has 0 atom stereocenters. The second-order valence-corrected chi connectivity index (χ2v) is 6.35. The number of carbonyl (C=O) groups is 1. The zero-order valence-electron chi connectivity index (χ0n) is 15.5. The molecule has 9 heteroatoms. The third kappa shape index (κ3) is 5.48. The van der Waals surface area contributed by atoms with Gasteiger partial charge in [-0.2, -0.15) is 5.10 Å². The van der Waals surface area contributed by atoms with Crippen molar-refractivity contribution in [1.82, 2.24) is 19.7 Å². The molecule has 1 saturated heterocycles. The van der Waals surface area contributed by atoms with Crippen molar-refractivity contribution >= 4 is 6.47 Å². The molecule has 0 unspecified atom stereocenters. The van der Waals surface area contributed by atoms with Crippen LogP contribution in [0.25, 0.3) is 0 Å². The number of likely N-dealkylation sites (tertiary alicyclic amines) is 1. The molecule has 1 fully saturated rings. The molecule has 2 heterocycles. The Morgan fingerprint density at radius 1 is 1.30 bits per heavy atom. The minimum absolute atomic E-state index is 0.182. The van der Waals surface area contributed by atoms with E-state index in [4.69, 9.17) is 14.6 Å². The summed E-state index contributed by atoms with van der Waals surface area (Å²) in [5, 5.41) is 22.3. The van der Waals surface area contributed by atoms with Gasteiger partial charge in [-0.3, -0.25) is 4.79 Å².